The van der Waals surface area contributed by atoms with Gasteiger partial charge in [0.05, 0.1) is 6.04 Å². The molecule has 1 heterocycles. The fraction of sp³-hybridized carbons (Fsp3) is 0.857. The Morgan fingerprint density at radius 2 is 2.11 bits per heavy atom. The Morgan fingerprint density at radius 3 is 2.84 bits per heavy atom. The number of anilines is 1. The average Bonchev–Trinajstić information content (AvgIpc) is 2.87. The van der Waals surface area contributed by atoms with E-state index < -0.39 is 0 Å². The van der Waals surface area contributed by atoms with E-state index in [1.807, 2.05) is 0 Å². The first-order valence-electron chi connectivity index (χ1n) is 7.54. The largest absolute Gasteiger partial charge is 0.406 e. The quantitative estimate of drug-likeness (QED) is 0.828. The topological polar surface area (TPSA) is 63.0 Å². The van der Waals surface area contributed by atoms with E-state index in [0.717, 1.165) is 13.0 Å². The second-order valence-electron chi connectivity index (χ2n) is 5.63. The lowest BCUT2D eigenvalue weighted by molar-refractivity contribution is 0.340. The molecule has 1 aliphatic carbocycles. The van der Waals surface area contributed by atoms with Crippen molar-refractivity contribution in [1.29, 1.82) is 0 Å². The monoisotopic (exact) mass is 266 g/mol. The summed E-state index contributed by atoms with van der Waals surface area (Å²) in [5.74, 6) is 1.35. The molecule has 2 rings (SSSR count). The average molecular weight is 266 g/mol. The Balaban J connectivity index is 1.89. The van der Waals surface area contributed by atoms with Crippen molar-refractivity contribution in [3.05, 3.63) is 5.89 Å². The molecule has 0 bridgehead atoms. The van der Waals surface area contributed by atoms with Crippen LogP contribution in [0.5, 0.6) is 0 Å². The predicted octanol–water partition coefficient (Wildman–Crippen LogP) is 3.12. The number of hydrogen-bond acceptors (Lipinski definition) is 5. The minimum Gasteiger partial charge on any atom is -0.406 e. The van der Waals surface area contributed by atoms with Crippen LogP contribution in [0.3, 0.4) is 0 Å². The van der Waals surface area contributed by atoms with E-state index in [1.165, 1.54) is 25.7 Å². The van der Waals surface area contributed by atoms with Crippen LogP contribution >= 0.6 is 0 Å². The molecule has 1 aromatic heterocycles. The SMILES string of the molecule is CCCNC(C)c1nnc(NC2CCCCC2C)o1. The van der Waals surface area contributed by atoms with E-state index in [1.54, 1.807) is 0 Å². The highest BCUT2D eigenvalue weighted by molar-refractivity contribution is 5.20. The van der Waals surface area contributed by atoms with Gasteiger partial charge in [-0.25, -0.2) is 0 Å². The fourth-order valence-corrected chi connectivity index (χ4v) is 2.61. The highest BCUT2D eigenvalue weighted by Crippen LogP contribution is 2.26. The van der Waals surface area contributed by atoms with Gasteiger partial charge in [0.15, 0.2) is 0 Å². The highest BCUT2D eigenvalue weighted by Gasteiger charge is 2.23. The molecule has 0 spiro atoms. The Kier molecular flexibility index (Phi) is 5.19. The lowest BCUT2D eigenvalue weighted by Crippen LogP contribution is -2.30. The van der Waals surface area contributed by atoms with Gasteiger partial charge in [0.2, 0.25) is 5.89 Å². The van der Waals surface area contributed by atoms with Crippen LogP contribution in [0.2, 0.25) is 0 Å². The minimum absolute atomic E-state index is 0.117. The molecule has 1 aliphatic rings. The predicted molar refractivity (Wildman–Crippen MR) is 76.0 cm³/mol. The number of rotatable bonds is 6. The van der Waals surface area contributed by atoms with E-state index in [-0.39, 0.29) is 6.04 Å². The first-order chi connectivity index (χ1) is 9.20. The van der Waals surface area contributed by atoms with Gasteiger partial charge in [0, 0.05) is 6.04 Å². The normalized spacial score (nSPS) is 25.2. The van der Waals surface area contributed by atoms with Gasteiger partial charge in [-0.05, 0) is 38.6 Å². The summed E-state index contributed by atoms with van der Waals surface area (Å²) in [4.78, 5) is 0. The van der Waals surface area contributed by atoms with Crippen molar-refractivity contribution in [1.82, 2.24) is 15.5 Å². The van der Waals surface area contributed by atoms with Crippen LogP contribution in [0.15, 0.2) is 4.42 Å². The molecule has 0 saturated heterocycles. The van der Waals surface area contributed by atoms with Crippen LogP contribution in [0.1, 0.15) is 64.8 Å². The zero-order valence-corrected chi connectivity index (χ0v) is 12.3. The highest BCUT2D eigenvalue weighted by atomic mass is 16.4. The smallest absolute Gasteiger partial charge is 0.315 e. The van der Waals surface area contributed by atoms with Gasteiger partial charge in [-0.2, -0.15) is 0 Å². The van der Waals surface area contributed by atoms with Gasteiger partial charge in [-0.3, -0.25) is 0 Å². The van der Waals surface area contributed by atoms with E-state index >= 15 is 0 Å². The van der Waals surface area contributed by atoms with Crippen molar-refractivity contribution in [2.45, 2.75) is 65.0 Å². The van der Waals surface area contributed by atoms with Gasteiger partial charge in [0.25, 0.3) is 0 Å². The summed E-state index contributed by atoms with van der Waals surface area (Å²) in [6.45, 7) is 7.45. The summed E-state index contributed by atoms with van der Waals surface area (Å²) in [7, 11) is 0. The molecule has 3 unspecified atom stereocenters. The van der Waals surface area contributed by atoms with Crippen molar-refractivity contribution >= 4 is 6.01 Å². The molecule has 1 aromatic rings. The molecule has 0 radical (unpaired) electrons. The molecule has 0 aliphatic heterocycles. The Hall–Kier alpha value is -1.10. The van der Waals surface area contributed by atoms with Crippen molar-refractivity contribution in [2.75, 3.05) is 11.9 Å². The molecule has 19 heavy (non-hydrogen) atoms. The third kappa shape index (κ3) is 3.93. The minimum atomic E-state index is 0.117. The number of hydrogen-bond donors (Lipinski definition) is 2. The third-order valence-corrected chi connectivity index (χ3v) is 3.93. The van der Waals surface area contributed by atoms with Crippen LogP contribution in [-0.4, -0.2) is 22.8 Å². The molecule has 0 amide bonds. The lowest BCUT2D eigenvalue weighted by atomic mass is 9.86. The summed E-state index contributed by atoms with van der Waals surface area (Å²) >= 11 is 0. The van der Waals surface area contributed by atoms with Crippen molar-refractivity contribution in [3.8, 4) is 0 Å². The zero-order chi connectivity index (χ0) is 13.7. The number of aromatic nitrogens is 2. The maximum absolute atomic E-state index is 5.70. The van der Waals surface area contributed by atoms with Gasteiger partial charge >= 0.3 is 6.01 Å². The zero-order valence-electron chi connectivity index (χ0n) is 12.3. The van der Waals surface area contributed by atoms with Crippen LogP contribution in [-0.2, 0) is 0 Å². The van der Waals surface area contributed by atoms with E-state index in [9.17, 15) is 0 Å². The Bertz CT molecular complexity index is 379. The molecule has 5 heteroatoms. The number of nitrogens with one attached hydrogen (secondary N) is 2. The summed E-state index contributed by atoms with van der Waals surface area (Å²) in [5, 5.41) is 15.0. The molecule has 2 N–H and O–H groups in total. The van der Waals surface area contributed by atoms with Gasteiger partial charge in [0.1, 0.15) is 0 Å². The van der Waals surface area contributed by atoms with E-state index in [2.05, 4.69) is 41.6 Å². The van der Waals surface area contributed by atoms with Crippen molar-refractivity contribution in [2.24, 2.45) is 5.92 Å². The molecule has 1 fully saturated rings. The van der Waals surface area contributed by atoms with Crippen LogP contribution in [0, 0.1) is 5.92 Å². The maximum atomic E-state index is 5.70. The second-order valence-corrected chi connectivity index (χ2v) is 5.63. The molecular weight excluding hydrogens is 240 g/mol. The summed E-state index contributed by atoms with van der Waals surface area (Å²) in [6, 6.07) is 1.16. The first kappa shape index (κ1) is 14.3. The van der Waals surface area contributed by atoms with Crippen molar-refractivity contribution < 1.29 is 4.42 Å². The summed E-state index contributed by atoms with van der Waals surface area (Å²) < 4.78 is 5.70. The van der Waals surface area contributed by atoms with Gasteiger partial charge in [-0.1, -0.05) is 31.8 Å². The first-order valence-corrected chi connectivity index (χ1v) is 7.54. The maximum Gasteiger partial charge on any atom is 0.315 e. The molecular formula is C14H26N4O. The second kappa shape index (κ2) is 6.89. The van der Waals surface area contributed by atoms with Crippen LogP contribution < -0.4 is 10.6 Å². The van der Waals surface area contributed by atoms with Crippen molar-refractivity contribution in [3.63, 3.8) is 0 Å². The van der Waals surface area contributed by atoms with Crippen LogP contribution in [0.4, 0.5) is 6.01 Å². The Labute approximate surface area is 115 Å². The van der Waals surface area contributed by atoms with Gasteiger partial charge < -0.3 is 15.1 Å². The van der Waals surface area contributed by atoms with Crippen LogP contribution in [0.25, 0.3) is 0 Å². The molecule has 0 aromatic carbocycles. The summed E-state index contributed by atoms with van der Waals surface area (Å²) in [6.07, 6.45) is 6.21. The Morgan fingerprint density at radius 1 is 1.32 bits per heavy atom. The third-order valence-electron chi connectivity index (χ3n) is 3.93. The summed E-state index contributed by atoms with van der Waals surface area (Å²) in [5.41, 5.74) is 0. The molecule has 1 saturated carbocycles. The fourth-order valence-electron chi connectivity index (χ4n) is 2.61. The molecule has 3 atom stereocenters. The standard InChI is InChI=1S/C14H26N4O/c1-4-9-15-11(3)13-17-18-14(19-13)16-12-8-6-5-7-10(12)2/h10-12,15H,4-9H2,1-3H3,(H,16,18). The number of nitrogens with zero attached hydrogens (tertiary/aromatic N) is 2. The lowest BCUT2D eigenvalue weighted by Gasteiger charge is -2.28. The van der Waals surface area contributed by atoms with E-state index in [0.29, 0.717) is 23.9 Å². The van der Waals surface area contributed by atoms with E-state index in [4.69, 9.17) is 4.42 Å². The molecule has 5 nitrogen and oxygen atoms in total. The molecule has 108 valence electrons. The van der Waals surface area contributed by atoms with Gasteiger partial charge in [-0.15, -0.1) is 5.10 Å².